The van der Waals surface area contributed by atoms with Gasteiger partial charge in [0.25, 0.3) is 0 Å². The third-order valence-electron chi connectivity index (χ3n) is 4.34. The maximum atomic E-state index is 14.1. The van der Waals surface area contributed by atoms with Crippen LogP contribution in [0.4, 0.5) is 4.39 Å². The number of aliphatic hydroxyl groups excluding tert-OH is 1. The zero-order valence-corrected chi connectivity index (χ0v) is 14.9. The summed E-state index contributed by atoms with van der Waals surface area (Å²) in [5.74, 6) is -0.908. The van der Waals surface area contributed by atoms with E-state index in [-0.39, 0.29) is 37.9 Å². The largest absolute Gasteiger partial charge is 0.395 e. The maximum absolute atomic E-state index is 14.1. The first kappa shape index (κ1) is 19.6. The molecular formula is C17H23ClFN3O3. The van der Waals surface area contributed by atoms with Crippen molar-refractivity contribution in [2.45, 2.75) is 25.9 Å². The molecule has 0 aromatic heterocycles. The smallest absolute Gasteiger partial charge is 0.237 e. The number of benzene rings is 1. The average Bonchev–Trinajstić information content (AvgIpc) is 2.58. The van der Waals surface area contributed by atoms with Crippen molar-refractivity contribution in [3.05, 3.63) is 34.6 Å². The first-order chi connectivity index (χ1) is 12.0. The van der Waals surface area contributed by atoms with Crippen molar-refractivity contribution in [1.82, 2.24) is 15.1 Å². The molecule has 2 N–H and O–H groups in total. The summed E-state index contributed by atoms with van der Waals surface area (Å²) in [6.45, 7) is 3.44. The van der Waals surface area contributed by atoms with E-state index in [1.54, 1.807) is 11.0 Å². The Labute approximate surface area is 151 Å². The predicted octanol–water partition coefficient (Wildman–Crippen LogP) is 1.01. The molecule has 2 amide bonds. The fourth-order valence-electron chi connectivity index (χ4n) is 2.93. The van der Waals surface area contributed by atoms with Crippen LogP contribution in [-0.2, 0) is 16.1 Å². The Balaban J connectivity index is 2.15. The lowest BCUT2D eigenvalue weighted by Crippen LogP contribution is -2.56. The zero-order chi connectivity index (χ0) is 18.4. The van der Waals surface area contributed by atoms with E-state index in [4.69, 9.17) is 16.7 Å². The molecule has 0 radical (unpaired) electrons. The number of rotatable bonds is 7. The minimum Gasteiger partial charge on any atom is -0.395 e. The van der Waals surface area contributed by atoms with E-state index in [1.807, 2.05) is 6.92 Å². The van der Waals surface area contributed by atoms with Gasteiger partial charge in [-0.1, -0.05) is 17.7 Å². The van der Waals surface area contributed by atoms with Crippen molar-refractivity contribution < 1.29 is 19.1 Å². The Hall–Kier alpha value is -1.70. The quantitative estimate of drug-likeness (QED) is 0.750. The summed E-state index contributed by atoms with van der Waals surface area (Å²) in [4.78, 5) is 28.0. The first-order valence-corrected chi connectivity index (χ1v) is 8.69. The van der Waals surface area contributed by atoms with Gasteiger partial charge in [0.1, 0.15) is 5.82 Å². The van der Waals surface area contributed by atoms with Gasteiger partial charge in [-0.25, -0.2) is 4.39 Å². The molecule has 0 aliphatic carbocycles. The molecule has 0 bridgehead atoms. The highest BCUT2D eigenvalue weighted by Gasteiger charge is 2.33. The highest BCUT2D eigenvalue weighted by molar-refractivity contribution is 6.31. The molecule has 1 fully saturated rings. The standard InChI is InChI=1S/C17H23ClFN3O3/c1-2-21(8-9-23)16(24)10-15-17(25)20-6-7-22(15)11-12-13(18)4-3-5-14(12)19/h3-5,15,23H,2,6-11H2,1H3,(H,20,25)/t15-/m1/s1. The lowest BCUT2D eigenvalue weighted by atomic mass is 10.1. The summed E-state index contributed by atoms with van der Waals surface area (Å²) in [5.41, 5.74) is 0.319. The number of amides is 2. The number of hydrogen-bond donors (Lipinski definition) is 2. The van der Waals surface area contributed by atoms with Crippen LogP contribution in [0.25, 0.3) is 0 Å². The second kappa shape index (κ2) is 9.12. The van der Waals surface area contributed by atoms with Crippen LogP contribution < -0.4 is 5.32 Å². The van der Waals surface area contributed by atoms with E-state index >= 15 is 0 Å². The van der Waals surface area contributed by atoms with E-state index in [9.17, 15) is 14.0 Å². The first-order valence-electron chi connectivity index (χ1n) is 8.31. The molecule has 2 rings (SSSR count). The summed E-state index contributed by atoms with van der Waals surface area (Å²) in [7, 11) is 0. The third-order valence-corrected chi connectivity index (χ3v) is 4.69. The highest BCUT2D eigenvalue weighted by Crippen LogP contribution is 2.23. The minimum atomic E-state index is -0.690. The van der Waals surface area contributed by atoms with Gasteiger partial charge in [-0.15, -0.1) is 0 Å². The van der Waals surface area contributed by atoms with Crippen molar-refractivity contribution in [1.29, 1.82) is 0 Å². The predicted molar refractivity (Wildman–Crippen MR) is 92.6 cm³/mol. The second-order valence-corrected chi connectivity index (χ2v) is 6.29. The van der Waals surface area contributed by atoms with E-state index in [0.717, 1.165) is 0 Å². The number of nitrogens with one attached hydrogen (secondary N) is 1. The maximum Gasteiger partial charge on any atom is 0.237 e. The number of hydrogen-bond acceptors (Lipinski definition) is 4. The van der Waals surface area contributed by atoms with Gasteiger partial charge in [0.2, 0.25) is 11.8 Å². The van der Waals surface area contributed by atoms with Crippen LogP contribution in [0.5, 0.6) is 0 Å². The summed E-state index contributed by atoms with van der Waals surface area (Å²) in [5, 5.41) is 12.1. The number of carbonyl (C=O) groups excluding carboxylic acids is 2. The number of halogens is 2. The van der Waals surface area contributed by atoms with Gasteiger partial charge < -0.3 is 15.3 Å². The molecule has 138 valence electrons. The van der Waals surface area contributed by atoms with Crippen molar-refractivity contribution in [3.63, 3.8) is 0 Å². The number of aliphatic hydroxyl groups is 1. The lowest BCUT2D eigenvalue weighted by molar-refractivity contribution is -0.139. The Morgan fingerprint density at radius 3 is 2.92 bits per heavy atom. The van der Waals surface area contributed by atoms with Gasteiger partial charge in [-0.3, -0.25) is 14.5 Å². The molecule has 8 heteroatoms. The summed E-state index contributed by atoms with van der Waals surface area (Å²) in [6, 6.07) is 3.76. The summed E-state index contributed by atoms with van der Waals surface area (Å²) in [6.07, 6.45) is -0.0221. The van der Waals surface area contributed by atoms with Gasteiger partial charge in [-0.2, -0.15) is 0 Å². The van der Waals surface area contributed by atoms with Crippen molar-refractivity contribution in [3.8, 4) is 0 Å². The topological polar surface area (TPSA) is 72.9 Å². The van der Waals surface area contributed by atoms with E-state index in [0.29, 0.717) is 30.2 Å². The van der Waals surface area contributed by atoms with Crippen molar-refractivity contribution in [2.75, 3.05) is 32.8 Å². The van der Waals surface area contributed by atoms with Gasteiger partial charge in [0.15, 0.2) is 0 Å². The molecule has 1 atom stereocenters. The molecule has 25 heavy (non-hydrogen) atoms. The van der Waals surface area contributed by atoms with Gasteiger partial charge in [0.05, 0.1) is 19.1 Å². The SMILES string of the molecule is CCN(CCO)C(=O)C[C@@H]1C(=O)NCCN1Cc1c(F)cccc1Cl. The molecule has 1 aromatic rings. The molecule has 0 saturated carbocycles. The average molecular weight is 372 g/mol. The van der Waals surface area contributed by atoms with Gasteiger partial charge in [-0.05, 0) is 19.1 Å². The Morgan fingerprint density at radius 1 is 1.52 bits per heavy atom. The monoisotopic (exact) mass is 371 g/mol. The second-order valence-electron chi connectivity index (χ2n) is 5.88. The van der Waals surface area contributed by atoms with E-state index in [2.05, 4.69) is 5.32 Å². The lowest BCUT2D eigenvalue weighted by Gasteiger charge is -2.35. The number of likely N-dealkylation sites (N-methyl/N-ethyl adjacent to an activating group) is 1. The summed E-state index contributed by atoms with van der Waals surface area (Å²) < 4.78 is 14.1. The molecule has 1 aromatic carbocycles. The molecular weight excluding hydrogens is 349 g/mol. The van der Waals surface area contributed by atoms with Crippen molar-refractivity contribution >= 4 is 23.4 Å². The fraction of sp³-hybridized carbons (Fsp3) is 0.529. The normalized spacial score (nSPS) is 18.1. The van der Waals surface area contributed by atoms with Crippen LogP contribution in [-0.4, -0.2) is 65.5 Å². The van der Waals surface area contributed by atoms with E-state index < -0.39 is 11.9 Å². The Kier molecular flexibility index (Phi) is 7.16. The van der Waals surface area contributed by atoms with Crippen LogP contribution in [0.2, 0.25) is 5.02 Å². The van der Waals surface area contributed by atoms with E-state index in [1.165, 1.54) is 17.0 Å². The van der Waals surface area contributed by atoms with Gasteiger partial charge in [0, 0.05) is 43.3 Å². The third kappa shape index (κ3) is 4.90. The van der Waals surface area contributed by atoms with Crippen LogP contribution in [0, 0.1) is 5.82 Å². The molecule has 1 heterocycles. The highest BCUT2D eigenvalue weighted by atomic mass is 35.5. The molecule has 0 spiro atoms. The molecule has 1 aliphatic heterocycles. The van der Waals surface area contributed by atoms with Crippen molar-refractivity contribution in [2.24, 2.45) is 0 Å². The summed E-state index contributed by atoms with van der Waals surface area (Å²) >= 11 is 6.08. The van der Waals surface area contributed by atoms with Gasteiger partial charge >= 0.3 is 0 Å². The Morgan fingerprint density at radius 2 is 2.28 bits per heavy atom. The minimum absolute atomic E-state index is 0.0221. The van der Waals surface area contributed by atoms with Crippen LogP contribution in [0.1, 0.15) is 18.9 Å². The number of carbonyl (C=O) groups is 2. The molecule has 0 unspecified atom stereocenters. The Bertz CT molecular complexity index is 609. The number of nitrogens with zero attached hydrogens (tertiary/aromatic N) is 2. The molecule has 6 nitrogen and oxygen atoms in total. The molecule has 1 aliphatic rings. The van der Waals surface area contributed by atoms with Crippen LogP contribution >= 0.6 is 11.6 Å². The fourth-order valence-corrected chi connectivity index (χ4v) is 3.16. The molecule has 1 saturated heterocycles. The van der Waals surface area contributed by atoms with Crippen LogP contribution in [0.15, 0.2) is 18.2 Å². The zero-order valence-electron chi connectivity index (χ0n) is 14.2. The van der Waals surface area contributed by atoms with Crippen LogP contribution in [0.3, 0.4) is 0 Å². The number of piperazine rings is 1.